The van der Waals surface area contributed by atoms with Crippen molar-refractivity contribution in [1.82, 2.24) is 5.32 Å². The monoisotopic (exact) mass is 371 g/mol. The van der Waals surface area contributed by atoms with Gasteiger partial charge in [-0.2, -0.15) is 0 Å². The molecule has 138 valence electrons. The van der Waals surface area contributed by atoms with Crippen molar-refractivity contribution < 1.29 is 14.3 Å². The number of hydrogen-bond donors (Lipinski definition) is 1. The van der Waals surface area contributed by atoms with Gasteiger partial charge in [0.1, 0.15) is 0 Å². The minimum Gasteiger partial charge on any atom is -0.452 e. The van der Waals surface area contributed by atoms with Crippen LogP contribution in [0.25, 0.3) is 0 Å². The molecule has 0 saturated heterocycles. The van der Waals surface area contributed by atoms with Gasteiger partial charge in [-0.3, -0.25) is 9.59 Å². The molecule has 0 fully saturated rings. The van der Waals surface area contributed by atoms with E-state index in [2.05, 4.69) is 11.4 Å². The van der Waals surface area contributed by atoms with Gasteiger partial charge in [0.05, 0.1) is 5.75 Å². The minimum atomic E-state index is -0.794. The number of aryl methyl sites for hydroxylation is 2. The summed E-state index contributed by atoms with van der Waals surface area (Å²) >= 11 is 1.43. The quantitative estimate of drug-likeness (QED) is 0.568. The van der Waals surface area contributed by atoms with Gasteiger partial charge < -0.3 is 10.1 Å². The van der Waals surface area contributed by atoms with Gasteiger partial charge >= 0.3 is 5.97 Å². The molecule has 0 radical (unpaired) electrons. The molecular formula is C21H25NO3S. The third-order valence-electron chi connectivity index (χ3n) is 3.91. The second-order valence-electron chi connectivity index (χ2n) is 6.22. The maximum Gasteiger partial charge on any atom is 0.317 e. The topological polar surface area (TPSA) is 55.4 Å². The van der Waals surface area contributed by atoms with E-state index in [1.165, 1.54) is 17.3 Å². The summed E-state index contributed by atoms with van der Waals surface area (Å²) in [5.41, 5.74) is 3.48. The van der Waals surface area contributed by atoms with Crippen LogP contribution in [0.3, 0.4) is 0 Å². The first-order valence-electron chi connectivity index (χ1n) is 8.67. The largest absolute Gasteiger partial charge is 0.452 e. The van der Waals surface area contributed by atoms with Crippen molar-refractivity contribution in [2.45, 2.75) is 38.2 Å². The lowest BCUT2D eigenvalue weighted by atomic mass is 10.1. The van der Waals surface area contributed by atoms with E-state index in [0.29, 0.717) is 6.54 Å². The first kappa shape index (κ1) is 20.0. The maximum absolute atomic E-state index is 12.0. The highest BCUT2D eigenvalue weighted by Crippen LogP contribution is 2.23. The second-order valence-corrected chi connectivity index (χ2v) is 7.23. The van der Waals surface area contributed by atoms with Crippen LogP contribution >= 0.6 is 11.8 Å². The molecule has 0 aliphatic heterocycles. The number of amides is 1. The zero-order valence-electron chi connectivity index (χ0n) is 15.5. The Morgan fingerprint density at radius 2 is 1.85 bits per heavy atom. The molecule has 0 saturated carbocycles. The fraction of sp³-hybridized carbons (Fsp3) is 0.333. The van der Waals surface area contributed by atoms with Crippen LogP contribution in [0.15, 0.2) is 53.4 Å². The minimum absolute atomic E-state index is 0.186. The van der Waals surface area contributed by atoms with Gasteiger partial charge in [-0.25, -0.2) is 0 Å². The Morgan fingerprint density at radius 3 is 2.54 bits per heavy atom. The summed E-state index contributed by atoms with van der Waals surface area (Å²) in [6, 6.07) is 16.0. The highest BCUT2D eigenvalue weighted by atomic mass is 32.2. The Kier molecular flexibility index (Phi) is 7.73. The van der Waals surface area contributed by atoms with Crippen LogP contribution in [0.4, 0.5) is 0 Å². The second kappa shape index (κ2) is 10.0. The molecule has 1 amide bonds. The first-order valence-corrected chi connectivity index (χ1v) is 9.65. The van der Waals surface area contributed by atoms with Crippen molar-refractivity contribution in [1.29, 1.82) is 0 Å². The number of benzene rings is 2. The number of carbonyl (C=O) groups is 2. The summed E-state index contributed by atoms with van der Waals surface area (Å²) < 4.78 is 5.23. The van der Waals surface area contributed by atoms with Gasteiger partial charge in [-0.15, -0.1) is 11.8 Å². The molecule has 2 rings (SSSR count). The molecule has 0 spiro atoms. The number of ether oxygens (including phenoxy) is 1. The molecule has 0 heterocycles. The van der Waals surface area contributed by atoms with Gasteiger partial charge in [0.25, 0.3) is 5.91 Å². The summed E-state index contributed by atoms with van der Waals surface area (Å²) in [4.78, 5) is 25.1. The lowest BCUT2D eigenvalue weighted by Gasteiger charge is -2.14. The molecule has 0 bridgehead atoms. The van der Waals surface area contributed by atoms with Crippen LogP contribution in [0.2, 0.25) is 0 Å². The van der Waals surface area contributed by atoms with Gasteiger partial charge in [0.2, 0.25) is 0 Å². The highest BCUT2D eigenvalue weighted by molar-refractivity contribution is 8.00. The molecule has 0 aliphatic rings. The molecule has 5 heteroatoms. The summed E-state index contributed by atoms with van der Waals surface area (Å²) in [6.45, 7) is 6.16. The lowest BCUT2D eigenvalue weighted by molar-refractivity contribution is -0.152. The van der Waals surface area contributed by atoms with E-state index < -0.39 is 6.10 Å². The van der Waals surface area contributed by atoms with E-state index in [1.54, 1.807) is 6.92 Å². The number of thioether (sulfide) groups is 1. The van der Waals surface area contributed by atoms with Gasteiger partial charge in [-0.1, -0.05) is 48.0 Å². The fourth-order valence-electron chi connectivity index (χ4n) is 2.50. The molecule has 0 aliphatic carbocycles. The third kappa shape index (κ3) is 6.56. The van der Waals surface area contributed by atoms with Gasteiger partial charge in [0, 0.05) is 11.4 Å². The Hall–Kier alpha value is -2.27. The van der Waals surface area contributed by atoms with Crippen LogP contribution in [0.1, 0.15) is 23.6 Å². The van der Waals surface area contributed by atoms with Crippen LogP contribution in [-0.2, 0) is 20.7 Å². The van der Waals surface area contributed by atoms with Gasteiger partial charge in [-0.05, 0) is 44.4 Å². The van der Waals surface area contributed by atoms with Crippen LogP contribution < -0.4 is 5.32 Å². The predicted molar refractivity (Wildman–Crippen MR) is 105 cm³/mol. The van der Waals surface area contributed by atoms with Crippen molar-refractivity contribution in [3.63, 3.8) is 0 Å². The van der Waals surface area contributed by atoms with E-state index in [-0.39, 0.29) is 17.6 Å². The maximum atomic E-state index is 12.0. The Labute approximate surface area is 159 Å². The molecule has 0 unspecified atom stereocenters. The Bertz CT molecular complexity index is 746. The molecular weight excluding hydrogens is 346 g/mol. The Morgan fingerprint density at radius 1 is 1.12 bits per heavy atom. The molecule has 2 aromatic carbocycles. The summed E-state index contributed by atoms with van der Waals surface area (Å²) in [5.74, 6) is -0.475. The third-order valence-corrected chi connectivity index (χ3v) is 5.06. The smallest absolute Gasteiger partial charge is 0.317 e. The van der Waals surface area contributed by atoms with Crippen molar-refractivity contribution in [3.05, 3.63) is 65.2 Å². The van der Waals surface area contributed by atoms with E-state index in [0.717, 1.165) is 22.4 Å². The fourth-order valence-corrected chi connectivity index (χ4v) is 3.29. The predicted octanol–water partition coefficient (Wildman–Crippen LogP) is 3.69. The van der Waals surface area contributed by atoms with E-state index >= 15 is 0 Å². The first-order chi connectivity index (χ1) is 12.5. The number of esters is 1. The molecule has 2 aromatic rings. The van der Waals surface area contributed by atoms with E-state index in [4.69, 9.17) is 4.74 Å². The lowest BCUT2D eigenvalue weighted by Crippen LogP contribution is -2.37. The van der Waals surface area contributed by atoms with E-state index in [1.807, 2.05) is 56.3 Å². The summed E-state index contributed by atoms with van der Waals surface area (Å²) in [6.07, 6.45) is -0.0477. The highest BCUT2D eigenvalue weighted by Gasteiger charge is 2.17. The number of rotatable bonds is 8. The van der Waals surface area contributed by atoms with Crippen molar-refractivity contribution >= 4 is 23.6 Å². The summed E-state index contributed by atoms with van der Waals surface area (Å²) in [7, 11) is 0. The van der Waals surface area contributed by atoms with Crippen LogP contribution in [-0.4, -0.2) is 30.3 Å². The van der Waals surface area contributed by atoms with Gasteiger partial charge in [0.15, 0.2) is 6.10 Å². The van der Waals surface area contributed by atoms with Crippen molar-refractivity contribution in [2.24, 2.45) is 0 Å². The average Bonchev–Trinajstić information content (AvgIpc) is 2.61. The molecule has 0 aromatic heterocycles. The standard InChI is InChI=1S/C21H25NO3S/c1-15-9-10-19(16(2)13-15)26-14-20(23)25-17(3)21(24)22-12-11-18-7-5-4-6-8-18/h4-10,13,17H,11-12,14H2,1-3H3,(H,22,24)/t17-/m1/s1. The van der Waals surface area contributed by atoms with Crippen molar-refractivity contribution in [2.75, 3.05) is 12.3 Å². The normalized spacial score (nSPS) is 11.7. The Balaban J connectivity index is 1.71. The molecule has 26 heavy (non-hydrogen) atoms. The van der Waals surface area contributed by atoms with Crippen molar-refractivity contribution in [3.8, 4) is 0 Å². The number of nitrogens with one attached hydrogen (secondary N) is 1. The van der Waals surface area contributed by atoms with E-state index in [9.17, 15) is 9.59 Å². The average molecular weight is 372 g/mol. The molecule has 1 N–H and O–H groups in total. The number of hydrogen-bond acceptors (Lipinski definition) is 4. The number of carbonyl (C=O) groups excluding carboxylic acids is 2. The molecule has 4 nitrogen and oxygen atoms in total. The van der Waals surface area contributed by atoms with Crippen LogP contribution in [0, 0.1) is 13.8 Å². The SMILES string of the molecule is Cc1ccc(SCC(=O)O[C@H](C)C(=O)NCCc2ccccc2)c(C)c1. The summed E-state index contributed by atoms with van der Waals surface area (Å²) in [5, 5.41) is 2.80. The zero-order valence-corrected chi connectivity index (χ0v) is 16.3. The molecule has 1 atom stereocenters. The van der Waals surface area contributed by atoms with Crippen LogP contribution in [0.5, 0.6) is 0 Å². The zero-order chi connectivity index (χ0) is 18.9.